The summed E-state index contributed by atoms with van der Waals surface area (Å²) in [5, 5.41) is 3.35. The minimum atomic E-state index is 0.588. The number of hydrogen-bond acceptors (Lipinski definition) is 3. The zero-order valence-corrected chi connectivity index (χ0v) is 11.8. The summed E-state index contributed by atoms with van der Waals surface area (Å²) in [5.74, 6) is 2.35. The van der Waals surface area contributed by atoms with Crippen LogP contribution < -0.4 is 10.1 Å². The van der Waals surface area contributed by atoms with Crippen LogP contribution in [0.25, 0.3) is 5.69 Å². The Morgan fingerprint density at radius 3 is 2.63 bits per heavy atom. The van der Waals surface area contributed by atoms with E-state index < -0.39 is 0 Å². The molecule has 0 radical (unpaired) electrons. The molecule has 1 heterocycles. The van der Waals surface area contributed by atoms with E-state index in [1.165, 1.54) is 0 Å². The highest BCUT2D eigenvalue weighted by Crippen LogP contribution is 2.18. The largest absolute Gasteiger partial charge is 0.494 e. The molecule has 19 heavy (non-hydrogen) atoms. The average molecular weight is 259 g/mol. The van der Waals surface area contributed by atoms with Gasteiger partial charge in [-0.2, -0.15) is 0 Å². The third kappa shape index (κ3) is 3.50. The molecule has 0 aliphatic carbocycles. The fourth-order valence-electron chi connectivity index (χ4n) is 1.81. The Balaban J connectivity index is 2.15. The molecule has 2 aromatic rings. The van der Waals surface area contributed by atoms with Gasteiger partial charge >= 0.3 is 0 Å². The van der Waals surface area contributed by atoms with Crippen molar-refractivity contribution in [3.63, 3.8) is 0 Å². The van der Waals surface area contributed by atoms with Crippen molar-refractivity contribution in [1.82, 2.24) is 9.55 Å². The molecular formula is C15H21N3O. The first-order valence-electron chi connectivity index (χ1n) is 6.71. The molecule has 2 rings (SSSR count). The second kappa shape index (κ2) is 6.27. The molecule has 0 fully saturated rings. The summed E-state index contributed by atoms with van der Waals surface area (Å²) >= 11 is 0. The Hall–Kier alpha value is -1.97. The molecule has 102 valence electrons. The second-order valence-electron chi connectivity index (χ2n) is 4.82. The number of rotatable bonds is 6. The van der Waals surface area contributed by atoms with Gasteiger partial charge in [0.25, 0.3) is 0 Å². The van der Waals surface area contributed by atoms with Crippen LogP contribution in [-0.2, 0) is 0 Å². The lowest BCUT2D eigenvalue weighted by Crippen LogP contribution is -2.11. The number of hydrogen-bond donors (Lipinski definition) is 1. The predicted octanol–water partition coefficient (Wildman–Crippen LogP) is 3.34. The number of nitrogens with zero attached hydrogens (tertiary/aromatic N) is 2. The molecule has 1 aromatic heterocycles. The third-order valence-corrected chi connectivity index (χ3v) is 2.74. The van der Waals surface area contributed by atoms with Crippen molar-refractivity contribution in [1.29, 1.82) is 0 Å². The number of aromatic nitrogens is 2. The number of ether oxygens (including phenoxy) is 1. The minimum absolute atomic E-state index is 0.588. The molecule has 0 atom stereocenters. The summed E-state index contributed by atoms with van der Waals surface area (Å²) in [6.07, 6.45) is 3.76. The summed E-state index contributed by atoms with van der Waals surface area (Å²) < 4.78 is 7.49. The number of imidazole rings is 1. The Bertz CT molecular complexity index is 502. The quantitative estimate of drug-likeness (QED) is 0.864. The molecule has 1 aromatic carbocycles. The minimum Gasteiger partial charge on any atom is -0.494 e. The predicted molar refractivity (Wildman–Crippen MR) is 78.1 cm³/mol. The molecule has 0 amide bonds. The second-order valence-corrected chi connectivity index (χ2v) is 4.82. The number of anilines is 1. The van der Waals surface area contributed by atoms with Crippen molar-refractivity contribution in [3.05, 3.63) is 36.7 Å². The smallest absolute Gasteiger partial charge is 0.207 e. The first kappa shape index (κ1) is 13.5. The average Bonchev–Trinajstić information content (AvgIpc) is 2.86. The lowest BCUT2D eigenvalue weighted by molar-refractivity contribution is 0.340. The topological polar surface area (TPSA) is 39.1 Å². The Kier molecular flexibility index (Phi) is 4.44. The molecule has 0 bridgehead atoms. The molecule has 1 N–H and O–H groups in total. The van der Waals surface area contributed by atoms with Crippen LogP contribution in [0.5, 0.6) is 5.75 Å². The van der Waals surface area contributed by atoms with Gasteiger partial charge in [0.2, 0.25) is 5.95 Å². The van der Waals surface area contributed by atoms with E-state index in [4.69, 9.17) is 4.74 Å². The van der Waals surface area contributed by atoms with Crippen LogP contribution in [0, 0.1) is 5.92 Å². The Labute approximate surface area is 114 Å². The maximum atomic E-state index is 5.45. The first-order valence-corrected chi connectivity index (χ1v) is 6.71. The van der Waals surface area contributed by atoms with Crippen LogP contribution in [0.4, 0.5) is 5.95 Å². The van der Waals surface area contributed by atoms with E-state index in [1.54, 1.807) is 6.20 Å². The first-order chi connectivity index (χ1) is 9.20. The van der Waals surface area contributed by atoms with Gasteiger partial charge in [-0.1, -0.05) is 13.8 Å². The van der Waals surface area contributed by atoms with Crippen molar-refractivity contribution in [2.75, 3.05) is 18.5 Å². The summed E-state index contributed by atoms with van der Waals surface area (Å²) in [4.78, 5) is 4.34. The Morgan fingerprint density at radius 1 is 1.26 bits per heavy atom. The molecular weight excluding hydrogens is 238 g/mol. The molecule has 4 heteroatoms. The normalized spacial score (nSPS) is 10.7. The zero-order valence-electron chi connectivity index (χ0n) is 11.8. The fraction of sp³-hybridized carbons (Fsp3) is 0.400. The van der Waals surface area contributed by atoms with Crippen LogP contribution in [-0.4, -0.2) is 22.7 Å². The lowest BCUT2D eigenvalue weighted by Gasteiger charge is -2.12. The third-order valence-electron chi connectivity index (χ3n) is 2.74. The summed E-state index contributed by atoms with van der Waals surface area (Å²) in [5.41, 5.74) is 1.08. The lowest BCUT2D eigenvalue weighted by atomic mass is 10.2. The van der Waals surface area contributed by atoms with Crippen LogP contribution in [0.15, 0.2) is 36.7 Å². The van der Waals surface area contributed by atoms with E-state index >= 15 is 0 Å². The van der Waals surface area contributed by atoms with E-state index in [0.29, 0.717) is 12.5 Å². The van der Waals surface area contributed by atoms with Gasteiger partial charge in [0.15, 0.2) is 0 Å². The fourth-order valence-corrected chi connectivity index (χ4v) is 1.81. The van der Waals surface area contributed by atoms with Gasteiger partial charge in [-0.3, -0.25) is 4.57 Å². The Morgan fingerprint density at radius 2 is 2.00 bits per heavy atom. The van der Waals surface area contributed by atoms with Gasteiger partial charge in [0.1, 0.15) is 5.75 Å². The van der Waals surface area contributed by atoms with Gasteiger partial charge in [0.05, 0.1) is 6.61 Å². The highest BCUT2D eigenvalue weighted by molar-refractivity contribution is 5.44. The number of nitrogens with one attached hydrogen (secondary N) is 1. The van der Waals surface area contributed by atoms with Gasteiger partial charge in [-0.25, -0.2) is 4.98 Å². The van der Waals surface area contributed by atoms with E-state index in [1.807, 2.05) is 42.0 Å². The highest BCUT2D eigenvalue weighted by atomic mass is 16.5. The summed E-state index contributed by atoms with van der Waals surface area (Å²) in [6.45, 7) is 7.94. The summed E-state index contributed by atoms with van der Waals surface area (Å²) in [6, 6.07) is 8.02. The van der Waals surface area contributed by atoms with E-state index in [-0.39, 0.29) is 0 Å². The van der Waals surface area contributed by atoms with Crippen molar-refractivity contribution in [2.45, 2.75) is 20.8 Å². The van der Waals surface area contributed by atoms with Crippen LogP contribution in [0.1, 0.15) is 20.8 Å². The SMILES string of the molecule is CCOc1ccc(-n2ccnc2NCC(C)C)cc1. The van der Waals surface area contributed by atoms with Crippen molar-refractivity contribution in [2.24, 2.45) is 5.92 Å². The van der Waals surface area contributed by atoms with Gasteiger partial charge in [0, 0.05) is 24.6 Å². The van der Waals surface area contributed by atoms with Gasteiger partial charge in [-0.05, 0) is 37.1 Å². The van der Waals surface area contributed by atoms with Gasteiger partial charge in [-0.15, -0.1) is 0 Å². The van der Waals surface area contributed by atoms with E-state index in [2.05, 4.69) is 24.1 Å². The monoisotopic (exact) mass is 259 g/mol. The highest BCUT2D eigenvalue weighted by Gasteiger charge is 2.05. The molecule has 0 saturated heterocycles. The molecule has 4 nitrogen and oxygen atoms in total. The summed E-state index contributed by atoms with van der Waals surface area (Å²) in [7, 11) is 0. The van der Waals surface area contributed by atoms with Crippen molar-refractivity contribution in [3.8, 4) is 11.4 Å². The number of benzene rings is 1. The van der Waals surface area contributed by atoms with Crippen LogP contribution in [0.2, 0.25) is 0 Å². The molecule has 0 aliphatic rings. The molecule has 0 spiro atoms. The molecule has 0 unspecified atom stereocenters. The standard InChI is InChI=1S/C15H21N3O/c1-4-19-14-7-5-13(6-8-14)18-10-9-16-15(18)17-11-12(2)3/h5-10,12H,4,11H2,1-3H3,(H,16,17). The van der Waals surface area contributed by atoms with Gasteiger partial charge < -0.3 is 10.1 Å². The van der Waals surface area contributed by atoms with Crippen molar-refractivity contribution < 1.29 is 4.74 Å². The molecule has 0 aliphatic heterocycles. The maximum Gasteiger partial charge on any atom is 0.207 e. The van der Waals surface area contributed by atoms with Crippen LogP contribution >= 0.6 is 0 Å². The molecule has 0 saturated carbocycles. The maximum absolute atomic E-state index is 5.45. The van der Waals surface area contributed by atoms with Crippen LogP contribution in [0.3, 0.4) is 0 Å². The van der Waals surface area contributed by atoms with Crippen molar-refractivity contribution >= 4 is 5.95 Å². The zero-order chi connectivity index (χ0) is 13.7. The van der Waals surface area contributed by atoms with E-state index in [0.717, 1.165) is 23.9 Å². The van der Waals surface area contributed by atoms with E-state index in [9.17, 15) is 0 Å².